The second-order valence-electron chi connectivity index (χ2n) is 27.1. The van der Waals surface area contributed by atoms with E-state index in [0.717, 1.165) is 91.4 Å². The summed E-state index contributed by atoms with van der Waals surface area (Å²) < 4.78 is 0. The van der Waals surface area contributed by atoms with Gasteiger partial charge in [-0.2, -0.15) is 0 Å². The molecule has 0 aliphatic carbocycles. The highest BCUT2D eigenvalue weighted by Gasteiger charge is 2.34. The summed E-state index contributed by atoms with van der Waals surface area (Å²) in [5.74, 6) is 3.64. The topological polar surface area (TPSA) is 91.0 Å². The van der Waals surface area contributed by atoms with Crippen LogP contribution in [0.3, 0.4) is 0 Å². The van der Waals surface area contributed by atoms with Crippen molar-refractivity contribution in [2.75, 3.05) is 128 Å². The number of rotatable bonds is 15. The number of nitrogens with zero attached hydrogens (tertiary/aromatic N) is 7. The summed E-state index contributed by atoms with van der Waals surface area (Å²) in [7, 11) is 16.5. The van der Waals surface area contributed by atoms with E-state index in [9.17, 15) is 5.11 Å². The van der Waals surface area contributed by atoms with Crippen molar-refractivity contribution in [1.82, 2.24) is 55.6 Å². The van der Waals surface area contributed by atoms with E-state index in [1.165, 1.54) is 25.7 Å². The van der Waals surface area contributed by atoms with Gasteiger partial charge >= 0.3 is 0 Å². The number of aliphatic hydroxyl groups excluding tert-OH is 1. The van der Waals surface area contributed by atoms with Crippen LogP contribution >= 0.6 is 0 Å². The normalized spacial score (nSPS) is 31.0. The van der Waals surface area contributed by atoms with Crippen LogP contribution in [0.4, 0.5) is 0 Å². The molecule has 10 unspecified atom stereocenters. The Bertz CT molecular complexity index is 1400. The van der Waals surface area contributed by atoms with E-state index in [1.807, 2.05) is 0 Å². The summed E-state index contributed by atoms with van der Waals surface area (Å²) in [6, 6.07) is 3.69. The molecule has 0 aromatic carbocycles. The van der Waals surface area contributed by atoms with Crippen molar-refractivity contribution in [2.24, 2.45) is 41.4 Å². The maximum Gasteiger partial charge on any atom is 0.0736 e. The number of allylic oxidation sites excluding steroid dienone is 2. The van der Waals surface area contributed by atoms with Crippen molar-refractivity contribution in [3.05, 3.63) is 12.2 Å². The molecule has 1 aliphatic rings. The third-order valence-corrected chi connectivity index (χ3v) is 17.0. The second-order valence-corrected chi connectivity index (χ2v) is 27.1. The first-order valence-electron chi connectivity index (χ1n) is 30.7. The molecule has 1 aliphatic heterocycles. The molecule has 0 aromatic rings. The SMILES string of the molecule is C/C=C/C[C@@H](C)[C@@H](O)C1CNC(CC)CN(C)CCN(C)C(CC(C)C)CNC(C(C)C)CN(C)C(CC(C)C)CNC(C)CNC(C)CN(C)C(CC(C)C)CN(C)C(CC(C)C)CN(C)C(C(C)C)CN1C. The van der Waals surface area contributed by atoms with Gasteiger partial charge in [0.05, 0.1) is 6.10 Å². The maximum atomic E-state index is 12.2. The lowest BCUT2D eigenvalue weighted by Crippen LogP contribution is -2.57. The molecule has 0 saturated carbocycles. The minimum atomic E-state index is -0.450. The fourth-order valence-electron chi connectivity index (χ4n) is 11.7. The van der Waals surface area contributed by atoms with Gasteiger partial charge in [-0.25, -0.2) is 0 Å². The Kier molecular flexibility index (Phi) is 36.6. The summed E-state index contributed by atoms with van der Waals surface area (Å²) >= 11 is 0. The quantitative estimate of drug-likeness (QED) is 0.102. The molecule has 12 heteroatoms. The summed E-state index contributed by atoms with van der Waals surface area (Å²) in [4.78, 5) is 18.4. The van der Waals surface area contributed by atoms with Crippen LogP contribution in [0.5, 0.6) is 0 Å². The number of aliphatic hydroxyl groups is 1. The van der Waals surface area contributed by atoms with Crippen molar-refractivity contribution in [3.8, 4) is 0 Å². The largest absolute Gasteiger partial charge is 0.391 e. The number of hydrogen-bond acceptors (Lipinski definition) is 12. The van der Waals surface area contributed by atoms with Gasteiger partial charge in [-0.15, -0.1) is 0 Å². The molecular weight excluding hydrogens is 915 g/mol. The first kappa shape index (κ1) is 71.3. The van der Waals surface area contributed by atoms with Crippen LogP contribution in [0.1, 0.15) is 156 Å². The highest BCUT2D eigenvalue weighted by Crippen LogP contribution is 2.23. The Labute approximate surface area is 463 Å². The molecule has 0 bridgehead atoms. The van der Waals surface area contributed by atoms with Crippen LogP contribution in [0.2, 0.25) is 0 Å². The van der Waals surface area contributed by atoms with Crippen LogP contribution in [-0.2, 0) is 0 Å². The van der Waals surface area contributed by atoms with Gasteiger partial charge in [-0.1, -0.05) is 109 Å². The Balaban J connectivity index is 3.72. The standard InChI is InChI=1S/C62H133N11O/c1-25-27-28-51(15)62(74)60-38-65-54(26-2)40-67(18)29-30-68(19)55(31-45(3)4)37-66-59(49(11)12)43-71(22)56(32-46(5)6)36-64-52(16)35-63-53(17)39-69(20)57(33-47(7)8)41-70(21)58(34-48(9)10)42-72(23)61(50(13)14)44-73(60)24/h25,27,45-66,74H,26,28-44H2,1-24H3/b27-25+/t51-,52?,53?,54?,55?,56?,57?,58?,59?,60?,61?,62-/m1/s1. The minimum Gasteiger partial charge on any atom is -0.391 e. The van der Waals surface area contributed by atoms with Crippen LogP contribution in [0.15, 0.2) is 12.2 Å². The molecule has 5 N–H and O–H groups in total. The van der Waals surface area contributed by atoms with E-state index in [1.54, 1.807) is 0 Å². The fourth-order valence-corrected chi connectivity index (χ4v) is 11.7. The third kappa shape index (κ3) is 28.9. The van der Waals surface area contributed by atoms with Gasteiger partial charge in [0.2, 0.25) is 0 Å². The average Bonchev–Trinajstić information content (AvgIpc) is 3.30. The molecule has 12 atom stereocenters. The number of likely N-dealkylation sites (N-methyl/N-ethyl adjacent to an activating group) is 7. The van der Waals surface area contributed by atoms with E-state index in [-0.39, 0.29) is 12.0 Å². The van der Waals surface area contributed by atoms with Crippen LogP contribution in [0, 0.1) is 41.4 Å². The predicted molar refractivity (Wildman–Crippen MR) is 327 cm³/mol. The zero-order chi connectivity index (χ0) is 56.4. The molecule has 0 spiro atoms. The smallest absolute Gasteiger partial charge is 0.0736 e. The molecule has 0 radical (unpaired) electrons. The fraction of sp³-hybridized carbons (Fsp3) is 0.968. The molecule has 12 nitrogen and oxygen atoms in total. The van der Waals surface area contributed by atoms with Gasteiger partial charge in [0, 0.05) is 139 Å². The Morgan fingerprint density at radius 1 is 0.473 bits per heavy atom. The van der Waals surface area contributed by atoms with Gasteiger partial charge in [0.25, 0.3) is 0 Å². The molecule has 0 amide bonds. The van der Waals surface area contributed by atoms with E-state index < -0.39 is 6.10 Å². The lowest BCUT2D eigenvalue weighted by molar-refractivity contribution is 0.00663. The number of nitrogens with one attached hydrogen (secondary N) is 4. The lowest BCUT2D eigenvalue weighted by Gasteiger charge is -2.43. The van der Waals surface area contributed by atoms with E-state index >= 15 is 0 Å². The maximum absolute atomic E-state index is 12.2. The molecule has 74 heavy (non-hydrogen) atoms. The van der Waals surface area contributed by atoms with Gasteiger partial charge in [0.15, 0.2) is 0 Å². The monoisotopic (exact) mass is 1050 g/mol. The van der Waals surface area contributed by atoms with Gasteiger partial charge in [-0.05, 0) is 150 Å². The Morgan fingerprint density at radius 3 is 1.46 bits per heavy atom. The second kappa shape index (κ2) is 38.0. The minimum absolute atomic E-state index is 0.00793. The molecule has 1 heterocycles. The van der Waals surface area contributed by atoms with E-state index in [0.29, 0.717) is 89.9 Å². The van der Waals surface area contributed by atoms with Crippen molar-refractivity contribution in [3.63, 3.8) is 0 Å². The zero-order valence-electron chi connectivity index (χ0n) is 53.9. The molecule has 0 aromatic heterocycles. The Morgan fingerprint density at radius 2 is 0.946 bits per heavy atom. The summed E-state index contributed by atoms with van der Waals surface area (Å²) in [6.45, 7) is 51.9. The summed E-state index contributed by atoms with van der Waals surface area (Å²) in [5, 5.41) is 28.4. The molecule has 1 saturated heterocycles. The molecule has 1 rings (SSSR count). The van der Waals surface area contributed by atoms with Crippen LogP contribution in [-0.4, -0.2) is 234 Å². The zero-order valence-corrected chi connectivity index (χ0v) is 53.9. The average molecular weight is 1050 g/mol. The molecular formula is C62H133N11O. The lowest BCUT2D eigenvalue weighted by atomic mass is 9.92. The van der Waals surface area contributed by atoms with E-state index in [2.05, 4.69) is 235 Å². The third-order valence-electron chi connectivity index (χ3n) is 17.0. The molecule has 1 fully saturated rings. The van der Waals surface area contributed by atoms with Crippen molar-refractivity contribution >= 4 is 0 Å². The van der Waals surface area contributed by atoms with Crippen LogP contribution < -0.4 is 21.3 Å². The predicted octanol–water partition coefficient (Wildman–Crippen LogP) is 8.48. The number of hydrogen-bond donors (Lipinski definition) is 5. The van der Waals surface area contributed by atoms with Crippen molar-refractivity contribution in [2.45, 2.75) is 223 Å². The Hall–Kier alpha value is -0.740. The molecule has 442 valence electrons. The van der Waals surface area contributed by atoms with Gasteiger partial charge in [0.1, 0.15) is 0 Å². The summed E-state index contributed by atoms with van der Waals surface area (Å²) in [5.41, 5.74) is 0. The van der Waals surface area contributed by atoms with E-state index in [4.69, 9.17) is 0 Å². The van der Waals surface area contributed by atoms with Gasteiger partial charge in [-0.3, -0.25) is 4.90 Å². The highest BCUT2D eigenvalue weighted by atomic mass is 16.3. The highest BCUT2D eigenvalue weighted by molar-refractivity contribution is 4.92. The first-order chi connectivity index (χ1) is 34.6. The van der Waals surface area contributed by atoms with Crippen molar-refractivity contribution in [1.29, 1.82) is 0 Å². The summed E-state index contributed by atoms with van der Waals surface area (Å²) in [6.07, 6.45) is 10.5. The first-order valence-corrected chi connectivity index (χ1v) is 30.7. The van der Waals surface area contributed by atoms with Crippen LogP contribution in [0.25, 0.3) is 0 Å². The van der Waals surface area contributed by atoms with Gasteiger partial charge < -0.3 is 55.8 Å². The van der Waals surface area contributed by atoms with Crippen molar-refractivity contribution < 1.29 is 5.11 Å².